The highest BCUT2D eigenvalue weighted by atomic mass is 15.2. The molecule has 0 heterocycles. The van der Waals surface area contributed by atoms with Crippen molar-refractivity contribution >= 4 is 0 Å². The molecule has 0 rings (SSSR count). The van der Waals surface area contributed by atoms with Crippen molar-refractivity contribution in [3.63, 3.8) is 0 Å². The van der Waals surface area contributed by atoms with Crippen LogP contribution in [-0.4, -0.2) is 21.1 Å². The molecular weight excluding hydrogens is 90.1 g/mol. The van der Waals surface area contributed by atoms with Gasteiger partial charge in [-0.1, -0.05) is 0 Å². The molecule has 3 N–H and O–H groups in total. The zero-order chi connectivity index (χ0) is 5.70. The van der Waals surface area contributed by atoms with Crippen LogP contribution in [0.1, 0.15) is 0 Å². The summed E-state index contributed by atoms with van der Waals surface area (Å²) in [5.41, 5.74) is 0. The Kier molecular flexibility index (Phi) is 3.98. The molecule has 0 fully saturated rings. The van der Waals surface area contributed by atoms with Gasteiger partial charge >= 0.3 is 0 Å². The van der Waals surface area contributed by atoms with Crippen LogP contribution >= 0.6 is 0 Å². The molecule has 3 nitrogen and oxygen atoms in total. The number of hydrogen-bond acceptors (Lipinski definition) is 3. The zero-order valence-corrected chi connectivity index (χ0v) is 5.00. The maximum Gasteiger partial charge on any atom is 0.170 e. The minimum atomic E-state index is 0.931. The summed E-state index contributed by atoms with van der Waals surface area (Å²) < 4.78 is 0. The van der Waals surface area contributed by atoms with Gasteiger partial charge < -0.3 is 0 Å². The molecule has 0 aromatic carbocycles. The van der Waals surface area contributed by atoms with E-state index in [9.17, 15) is 0 Å². The molecular formula is C4H12N3. The van der Waals surface area contributed by atoms with Crippen LogP contribution in [0, 0.1) is 6.29 Å². The first-order valence-electron chi connectivity index (χ1n) is 2.25. The van der Waals surface area contributed by atoms with Crippen molar-refractivity contribution < 1.29 is 0 Å². The smallest absolute Gasteiger partial charge is 0.170 e. The van der Waals surface area contributed by atoms with Crippen molar-refractivity contribution in [2.45, 2.75) is 0 Å². The van der Waals surface area contributed by atoms with Crippen LogP contribution in [0.15, 0.2) is 0 Å². The van der Waals surface area contributed by atoms with Gasteiger partial charge in [0, 0.05) is 0 Å². The second-order valence-electron chi connectivity index (χ2n) is 1.12. The van der Waals surface area contributed by atoms with Gasteiger partial charge in [-0.15, -0.1) is 0 Å². The van der Waals surface area contributed by atoms with Crippen molar-refractivity contribution in [1.82, 2.24) is 16.0 Å². The quantitative estimate of drug-likeness (QED) is 0.432. The van der Waals surface area contributed by atoms with Gasteiger partial charge in [0.15, 0.2) is 6.29 Å². The highest BCUT2D eigenvalue weighted by Crippen LogP contribution is 1.69. The fourth-order valence-electron chi connectivity index (χ4n) is 0.375. The Bertz CT molecular complexity index is 28.4. The number of hydrogen-bond donors (Lipinski definition) is 3. The lowest BCUT2D eigenvalue weighted by atomic mass is 10.8. The predicted molar refractivity (Wildman–Crippen MR) is 30.4 cm³/mol. The van der Waals surface area contributed by atoms with E-state index < -0.39 is 0 Å². The third-order valence-electron chi connectivity index (χ3n) is 0.750. The minimum Gasteiger partial charge on any atom is -0.286 e. The Hall–Kier alpha value is -0.120. The molecule has 1 radical (unpaired) electrons. The summed E-state index contributed by atoms with van der Waals surface area (Å²) in [4.78, 5) is 0. The van der Waals surface area contributed by atoms with E-state index in [4.69, 9.17) is 0 Å². The molecule has 0 aromatic rings. The van der Waals surface area contributed by atoms with Gasteiger partial charge in [-0.05, 0) is 21.1 Å². The van der Waals surface area contributed by atoms with Crippen LogP contribution in [0.2, 0.25) is 0 Å². The van der Waals surface area contributed by atoms with Crippen molar-refractivity contribution in [2.24, 2.45) is 0 Å². The van der Waals surface area contributed by atoms with Crippen molar-refractivity contribution in [2.75, 3.05) is 21.1 Å². The van der Waals surface area contributed by atoms with Crippen LogP contribution in [0.25, 0.3) is 0 Å². The first-order chi connectivity index (χ1) is 3.35. The third kappa shape index (κ3) is 2.56. The van der Waals surface area contributed by atoms with Gasteiger partial charge in [0.05, 0.1) is 0 Å². The molecule has 0 aliphatic rings. The lowest BCUT2D eigenvalue weighted by Gasteiger charge is -2.09. The zero-order valence-electron chi connectivity index (χ0n) is 5.00. The van der Waals surface area contributed by atoms with E-state index in [0.29, 0.717) is 0 Å². The molecule has 0 spiro atoms. The summed E-state index contributed by atoms with van der Waals surface area (Å²) in [6, 6.07) is 0. The Labute approximate surface area is 44.5 Å². The summed E-state index contributed by atoms with van der Waals surface area (Å²) in [5, 5.41) is 8.69. The lowest BCUT2D eigenvalue weighted by molar-refractivity contribution is 0.585. The Balaban J connectivity index is 2.99. The first-order valence-corrected chi connectivity index (χ1v) is 2.25. The molecule has 0 amide bonds. The van der Waals surface area contributed by atoms with Crippen LogP contribution in [0.4, 0.5) is 0 Å². The molecule has 3 heteroatoms. The molecule has 0 atom stereocenters. The minimum absolute atomic E-state index is 0.931. The van der Waals surface area contributed by atoms with Gasteiger partial charge in [0.1, 0.15) is 0 Å². The van der Waals surface area contributed by atoms with Crippen LogP contribution < -0.4 is 16.0 Å². The van der Waals surface area contributed by atoms with E-state index in [1.807, 2.05) is 21.1 Å². The van der Waals surface area contributed by atoms with Gasteiger partial charge in [-0.25, -0.2) is 0 Å². The molecule has 0 aliphatic carbocycles. The summed E-state index contributed by atoms with van der Waals surface area (Å²) in [6.45, 7) is 0. The first kappa shape index (κ1) is 6.88. The molecule has 0 bridgehead atoms. The largest absolute Gasteiger partial charge is 0.286 e. The van der Waals surface area contributed by atoms with Gasteiger partial charge in [0.25, 0.3) is 0 Å². The van der Waals surface area contributed by atoms with E-state index in [2.05, 4.69) is 16.0 Å². The highest BCUT2D eigenvalue weighted by molar-refractivity contribution is 4.72. The van der Waals surface area contributed by atoms with E-state index >= 15 is 0 Å². The van der Waals surface area contributed by atoms with Crippen LogP contribution in [0.5, 0.6) is 0 Å². The van der Waals surface area contributed by atoms with Crippen molar-refractivity contribution in [1.29, 1.82) is 0 Å². The second-order valence-corrected chi connectivity index (χ2v) is 1.12. The lowest BCUT2D eigenvalue weighted by Crippen LogP contribution is -2.38. The van der Waals surface area contributed by atoms with Crippen LogP contribution in [0.3, 0.4) is 0 Å². The summed E-state index contributed by atoms with van der Waals surface area (Å²) in [7, 11) is 5.55. The van der Waals surface area contributed by atoms with Crippen molar-refractivity contribution in [3.8, 4) is 0 Å². The fourth-order valence-corrected chi connectivity index (χ4v) is 0.375. The molecule has 0 unspecified atom stereocenters. The molecule has 0 aliphatic heterocycles. The highest BCUT2D eigenvalue weighted by Gasteiger charge is 1.93. The third-order valence-corrected chi connectivity index (χ3v) is 0.750. The molecule has 43 valence electrons. The average molecular weight is 102 g/mol. The Morgan fingerprint density at radius 1 is 0.857 bits per heavy atom. The number of rotatable bonds is 3. The Morgan fingerprint density at radius 2 is 1.14 bits per heavy atom. The SMILES string of the molecule is CN[C](NC)NC. The number of nitrogens with one attached hydrogen (secondary N) is 3. The Morgan fingerprint density at radius 3 is 1.14 bits per heavy atom. The van der Waals surface area contributed by atoms with Crippen LogP contribution in [-0.2, 0) is 0 Å². The van der Waals surface area contributed by atoms with E-state index in [-0.39, 0.29) is 0 Å². The standard InChI is InChI=1S/C4H12N3/c1-5-4(6-2)7-3/h5-7H,1-3H3. The topological polar surface area (TPSA) is 36.1 Å². The normalized spacial score (nSPS) is 10.3. The van der Waals surface area contributed by atoms with Gasteiger partial charge in [-0.2, -0.15) is 0 Å². The monoisotopic (exact) mass is 102 g/mol. The second kappa shape index (κ2) is 4.05. The summed E-state index contributed by atoms with van der Waals surface area (Å²) >= 11 is 0. The summed E-state index contributed by atoms with van der Waals surface area (Å²) in [5.74, 6) is 0. The predicted octanol–water partition coefficient (Wildman–Crippen LogP) is -0.908. The van der Waals surface area contributed by atoms with Crippen molar-refractivity contribution in [3.05, 3.63) is 6.29 Å². The fraction of sp³-hybridized carbons (Fsp3) is 0.750. The molecule has 0 aromatic heterocycles. The summed E-state index contributed by atoms with van der Waals surface area (Å²) in [6.07, 6.45) is 0.931. The van der Waals surface area contributed by atoms with E-state index in [1.165, 1.54) is 0 Å². The molecule has 0 saturated heterocycles. The maximum absolute atomic E-state index is 2.90. The van der Waals surface area contributed by atoms with E-state index in [1.54, 1.807) is 0 Å². The average Bonchev–Trinajstić information content (AvgIpc) is 1.72. The van der Waals surface area contributed by atoms with Gasteiger partial charge in [-0.3, -0.25) is 16.0 Å². The maximum atomic E-state index is 2.90. The van der Waals surface area contributed by atoms with E-state index in [0.717, 1.165) is 6.29 Å². The van der Waals surface area contributed by atoms with Gasteiger partial charge in [0.2, 0.25) is 0 Å². The molecule has 0 saturated carbocycles. The molecule has 7 heavy (non-hydrogen) atoms.